The van der Waals surface area contributed by atoms with E-state index in [1.54, 1.807) is 12.1 Å². The summed E-state index contributed by atoms with van der Waals surface area (Å²) in [7, 11) is 1.52. The normalized spacial score (nSPS) is 12.8. The van der Waals surface area contributed by atoms with Crippen LogP contribution in [0, 0.1) is 0 Å². The van der Waals surface area contributed by atoms with Crippen molar-refractivity contribution < 1.29 is 19.4 Å². The highest BCUT2D eigenvalue weighted by molar-refractivity contribution is 5.69. The zero-order chi connectivity index (χ0) is 16.0. The molecule has 0 aromatic heterocycles. The van der Waals surface area contributed by atoms with Crippen molar-refractivity contribution in [3.8, 4) is 11.5 Å². The van der Waals surface area contributed by atoms with Crippen molar-refractivity contribution in [2.75, 3.05) is 7.11 Å². The van der Waals surface area contributed by atoms with Gasteiger partial charge in [-0.2, -0.15) is 0 Å². The lowest BCUT2D eigenvalue weighted by molar-refractivity contribution is -0.155. The molecule has 118 valence electrons. The maximum Gasteiger partial charge on any atom is 0.306 e. The number of carbonyl (C=O) groups is 1. The Labute approximate surface area is 127 Å². The van der Waals surface area contributed by atoms with E-state index in [1.165, 1.54) is 7.11 Å². The molecule has 0 heterocycles. The van der Waals surface area contributed by atoms with Gasteiger partial charge in [0.1, 0.15) is 5.60 Å². The number of ether oxygens (including phenoxy) is 2. The molecule has 1 atom stereocenters. The van der Waals surface area contributed by atoms with E-state index in [0.29, 0.717) is 18.6 Å². The first-order valence-corrected chi connectivity index (χ1v) is 7.35. The molecule has 0 amide bonds. The van der Waals surface area contributed by atoms with Crippen molar-refractivity contribution in [2.45, 2.75) is 58.5 Å². The number of aromatic hydroxyl groups is 1. The maximum absolute atomic E-state index is 11.8. The summed E-state index contributed by atoms with van der Waals surface area (Å²) in [6.45, 7) is 7.66. The third-order valence-electron chi connectivity index (χ3n) is 3.28. The zero-order valence-electron chi connectivity index (χ0n) is 13.6. The Balaban J connectivity index is 2.67. The van der Waals surface area contributed by atoms with Crippen molar-refractivity contribution in [3.05, 3.63) is 23.8 Å². The van der Waals surface area contributed by atoms with Crippen LogP contribution in [0.1, 0.15) is 58.4 Å². The Morgan fingerprint density at radius 2 is 2.00 bits per heavy atom. The van der Waals surface area contributed by atoms with Crippen LogP contribution < -0.4 is 4.74 Å². The highest BCUT2D eigenvalue weighted by Gasteiger charge is 2.18. The Kier molecular flexibility index (Phi) is 6.06. The predicted molar refractivity (Wildman–Crippen MR) is 82.8 cm³/mol. The monoisotopic (exact) mass is 294 g/mol. The first kappa shape index (κ1) is 17.3. The lowest BCUT2D eigenvalue weighted by Gasteiger charge is -2.21. The number of hydrogen-bond acceptors (Lipinski definition) is 4. The number of benzene rings is 1. The second kappa shape index (κ2) is 7.34. The highest BCUT2D eigenvalue weighted by atomic mass is 16.6. The summed E-state index contributed by atoms with van der Waals surface area (Å²) in [5.41, 5.74) is 0.566. The van der Waals surface area contributed by atoms with Crippen LogP contribution >= 0.6 is 0 Å². The molecule has 0 aliphatic rings. The standard InChI is InChI=1S/C17H26O4/c1-6-12(8-10-16(19)21-17(2,3)4)13-7-9-15(20-5)14(18)11-13/h7,9,11-12,18H,6,8,10H2,1-5H3. The molecule has 0 bridgehead atoms. The minimum Gasteiger partial charge on any atom is -0.504 e. The summed E-state index contributed by atoms with van der Waals surface area (Å²) in [5.74, 6) is 0.625. The van der Waals surface area contributed by atoms with Crippen molar-refractivity contribution >= 4 is 5.97 Å². The topological polar surface area (TPSA) is 55.8 Å². The molecule has 0 radical (unpaired) electrons. The molecule has 1 N–H and O–H groups in total. The van der Waals surface area contributed by atoms with Gasteiger partial charge < -0.3 is 14.6 Å². The van der Waals surface area contributed by atoms with Gasteiger partial charge in [0.25, 0.3) is 0 Å². The van der Waals surface area contributed by atoms with E-state index in [0.717, 1.165) is 12.0 Å². The molecular weight excluding hydrogens is 268 g/mol. The summed E-state index contributed by atoms with van der Waals surface area (Å²) >= 11 is 0. The first-order chi connectivity index (χ1) is 9.76. The van der Waals surface area contributed by atoms with Crippen LogP contribution in [0.3, 0.4) is 0 Å². The van der Waals surface area contributed by atoms with E-state index in [1.807, 2.05) is 26.8 Å². The van der Waals surface area contributed by atoms with Crippen molar-refractivity contribution in [2.24, 2.45) is 0 Å². The summed E-state index contributed by atoms with van der Waals surface area (Å²) in [5, 5.41) is 9.85. The number of phenolic OH excluding ortho intramolecular Hbond substituents is 1. The van der Waals surface area contributed by atoms with Gasteiger partial charge in [-0.1, -0.05) is 13.0 Å². The molecule has 0 spiro atoms. The number of phenols is 1. The van der Waals surface area contributed by atoms with Crippen LogP contribution in [0.15, 0.2) is 18.2 Å². The fourth-order valence-electron chi connectivity index (χ4n) is 2.25. The van der Waals surface area contributed by atoms with Crippen LogP contribution in [0.2, 0.25) is 0 Å². The molecule has 0 aliphatic heterocycles. The molecule has 0 saturated carbocycles. The molecular formula is C17H26O4. The van der Waals surface area contributed by atoms with Gasteiger partial charge in [0.05, 0.1) is 7.11 Å². The van der Waals surface area contributed by atoms with E-state index < -0.39 is 5.60 Å². The smallest absolute Gasteiger partial charge is 0.306 e. The van der Waals surface area contributed by atoms with E-state index in [2.05, 4.69) is 6.92 Å². The summed E-state index contributed by atoms with van der Waals surface area (Å²) in [6, 6.07) is 5.39. The molecule has 0 aliphatic carbocycles. The van der Waals surface area contributed by atoms with Gasteiger partial charge in [0.15, 0.2) is 11.5 Å². The molecule has 1 aromatic carbocycles. The van der Waals surface area contributed by atoms with Crippen LogP contribution in [-0.2, 0) is 9.53 Å². The number of rotatable bonds is 6. The van der Waals surface area contributed by atoms with Crippen LogP contribution in [0.25, 0.3) is 0 Å². The Bertz CT molecular complexity index is 474. The molecule has 0 saturated heterocycles. The van der Waals surface area contributed by atoms with Crippen molar-refractivity contribution in [1.29, 1.82) is 0 Å². The van der Waals surface area contributed by atoms with Crippen molar-refractivity contribution in [1.82, 2.24) is 0 Å². The minimum atomic E-state index is -0.447. The molecule has 1 aromatic rings. The molecule has 21 heavy (non-hydrogen) atoms. The predicted octanol–water partition coefficient (Wildman–Crippen LogP) is 4.02. The molecule has 1 unspecified atom stereocenters. The number of methoxy groups -OCH3 is 1. The van der Waals surface area contributed by atoms with E-state index >= 15 is 0 Å². The third kappa shape index (κ3) is 5.66. The Morgan fingerprint density at radius 3 is 2.48 bits per heavy atom. The van der Waals surface area contributed by atoms with Gasteiger partial charge in [0, 0.05) is 6.42 Å². The lowest BCUT2D eigenvalue weighted by atomic mass is 9.91. The van der Waals surface area contributed by atoms with E-state index in [-0.39, 0.29) is 17.6 Å². The molecule has 4 heteroatoms. The second-order valence-electron chi connectivity index (χ2n) is 6.16. The third-order valence-corrected chi connectivity index (χ3v) is 3.28. The molecule has 4 nitrogen and oxygen atoms in total. The van der Waals surface area contributed by atoms with Crippen molar-refractivity contribution in [3.63, 3.8) is 0 Å². The average molecular weight is 294 g/mol. The van der Waals surface area contributed by atoms with Crippen LogP contribution in [0.5, 0.6) is 11.5 Å². The number of esters is 1. The molecule has 1 rings (SSSR count). The zero-order valence-corrected chi connectivity index (χ0v) is 13.6. The van der Waals surface area contributed by atoms with Gasteiger partial charge >= 0.3 is 5.97 Å². The van der Waals surface area contributed by atoms with Crippen LogP contribution in [0.4, 0.5) is 0 Å². The average Bonchev–Trinajstić information content (AvgIpc) is 2.37. The summed E-state index contributed by atoms with van der Waals surface area (Å²) in [6.07, 6.45) is 1.98. The van der Waals surface area contributed by atoms with Gasteiger partial charge in [-0.25, -0.2) is 0 Å². The minimum absolute atomic E-state index is 0.130. The second-order valence-corrected chi connectivity index (χ2v) is 6.16. The fraction of sp³-hybridized carbons (Fsp3) is 0.588. The Hall–Kier alpha value is -1.71. The van der Waals surface area contributed by atoms with Gasteiger partial charge in [-0.3, -0.25) is 4.79 Å². The largest absolute Gasteiger partial charge is 0.504 e. The Morgan fingerprint density at radius 1 is 1.33 bits per heavy atom. The maximum atomic E-state index is 11.8. The van der Waals surface area contributed by atoms with E-state index in [4.69, 9.17) is 9.47 Å². The first-order valence-electron chi connectivity index (χ1n) is 7.35. The molecule has 0 fully saturated rings. The van der Waals surface area contributed by atoms with Crippen LogP contribution in [-0.4, -0.2) is 23.8 Å². The lowest BCUT2D eigenvalue weighted by Crippen LogP contribution is -2.24. The summed E-state index contributed by atoms with van der Waals surface area (Å²) in [4.78, 5) is 11.8. The number of hydrogen-bond donors (Lipinski definition) is 1. The highest BCUT2D eigenvalue weighted by Crippen LogP contribution is 2.33. The van der Waals surface area contributed by atoms with Gasteiger partial charge in [0.2, 0.25) is 0 Å². The quantitative estimate of drug-likeness (QED) is 0.805. The SMILES string of the molecule is CCC(CCC(=O)OC(C)(C)C)c1ccc(OC)c(O)c1. The van der Waals surface area contributed by atoms with Gasteiger partial charge in [-0.15, -0.1) is 0 Å². The van der Waals surface area contributed by atoms with E-state index in [9.17, 15) is 9.90 Å². The number of carbonyl (C=O) groups excluding carboxylic acids is 1. The fourth-order valence-corrected chi connectivity index (χ4v) is 2.25. The summed E-state index contributed by atoms with van der Waals surface area (Å²) < 4.78 is 10.4. The van der Waals surface area contributed by atoms with Gasteiger partial charge in [-0.05, 0) is 57.2 Å².